The van der Waals surface area contributed by atoms with Gasteiger partial charge in [0.05, 0.1) is 6.26 Å². The van der Waals surface area contributed by atoms with E-state index in [1.165, 1.54) is 0 Å². The van der Waals surface area contributed by atoms with Crippen LogP contribution in [-0.2, 0) is 0 Å². The smallest absolute Gasteiger partial charge is 0.271 e. The van der Waals surface area contributed by atoms with Crippen LogP contribution >= 0.6 is 0 Å². The van der Waals surface area contributed by atoms with Crippen LogP contribution in [0.1, 0.15) is 28.4 Å². The molecule has 1 amide bonds. The lowest BCUT2D eigenvalue weighted by atomic mass is 9.96. The number of furan rings is 1. The molecule has 1 atom stereocenters. The van der Waals surface area contributed by atoms with Crippen LogP contribution in [0.2, 0.25) is 0 Å². The van der Waals surface area contributed by atoms with Crippen LogP contribution in [0.5, 0.6) is 0 Å². The maximum absolute atomic E-state index is 12.3. The average molecular weight is 325 g/mol. The third-order valence-corrected chi connectivity index (χ3v) is 3.85. The van der Waals surface area contributed by atoms with Crippen LogP contribution < -0.4 is 5.32 Å². The molecule has 0 spiro atoms. The molecule has 2 heterocycles. The van der Waals surface area contributed by atoms with Crippen molar-refractivity contribution in [1.29, 1.82) is 0 Å². The maximum Gasteiger partial charge on any atom is 0.271 e. The van der Waals surface area contributed by atoms with Gasteiger partial charge in [0.2, 0.25) is 0 Å². The number of amides is 1. The number of hydrogen-bond donors (Lipinski definition) is 3. The summed E-state index contributed by atoms with van der Waals surface area (Å²) in [4.78, 5) is 12.3. The van der Waals surface area contributed by atoms with E-state index in [0.717, 1.165) is 5.56 Å². The minimum Gasteiger partial charge on any atom is -0.463 e. The summed E-state index contributed by atoms with van der Waals surface area (Å²) in [5, 5.41) is 18.9. The molecule has 0 bridgehead atoms. The number of nitrogens with zero attached hydrogens (tertiary/aromatic N) is 1. The summed E-state index contributed by atoms with van der Waals surface area (Å²) in [6.45, 7) is 0.507. The van der Waals surface area contributed by atoms with Crippen molar-refractivity contribution in [3.8, 4) is 11.5 Å². The molecule has 124 valence electrons. The fourth-order valence-corrected chi connectivity index (χ4v) is 2.57. The van der Waals surface area contributed by atoms with Crippen LogP contribution in [-0.4, -0.2) is 34.4 Å². The lowest BCUT2D eigenvalue weighted by molar-refractivity contribution is 0.0944. The lowest BCUT2D eigenvalue weighted by Gasteiger charge is -2.16. The second-order valence-corrected chi connectivity index (χ2v) is 5.47. The van der Waals surface area contributed by atoms with Crippen LogP contribution in [0.25, 0.3) is 11.5 Å². The van der Waals surface area contributed by atoms with Crippen LogP contribution in [0.15, 0.2) is 59.2 Å². The van der Waals surface area contributed by atoms with Crippen molar-refractivity contribution in [2.45, 2.75) is 12.3 Å². The molecule has 0 fully saturated rings. The molecule has 0 aliphatic heterocycles. The highest BCUT2D eigenvalue weighted by Gasteiger charge is 2.16. The molecule has 3 aromatic rings. The van der Waals surface area contributed by atoms with E-state index in [1.54, 1.807) is 24.5 Å². The quantitative estimate of drug-likeness (QED) is 0.622. The van der Waals surface area contributed by atoms with E-state index in [-0.39, 0.29) is 18.4 Å². The molecule has 0 saturated heterocycles. The molecule has 1 aromatic carbocycles. The molecule has 1 unspecified atom stereocenters. The Morgan fingerprint density at radius 1 is 1.25 bits per heavy atom. The summed E-state index contributed by atoms with van der Waals surface area (Å²) < 4.78 is 5.27. The number of benzene rings is 1. The first-order valence-corrected chi connectivity index (χ1v) is 7.81. The zero-order valence-corrected chi connectivity index (χ0v) is 13.1. The number of aromatic nitrogens is 2. The van der Waals surface area contributed by atoms with Crippen LogP contribution in [0.4, 0.5) is 0 Å². The SMILES string of the molecule is O=C(NCC(CCO)c1ccccc1)c1cc(-c2ccco2)[nH]n1. The Kier molecular flexibility index (Phi) is 5.08. The summed E-state index contributed by atoms with van der Waals surface area (Å²) in [5.74, 6) is 0.426. The minimum atomic E-state index is -0.261. The van der Waals surface area contributed by atoms with Gasteiger partial charge in [-0.15, -0.1) is 0 Å². The topological polar surface area (TPSA) is 91.1 Å². The molecule has 0 saturated carbocycles. The van der Waals surface area contributed by atoms with Gasteiger partial charge in [0, 0.05) is 25.1 Å². The van der Waals surface area contributed by atoms with Crippen molar-refractivity contribution in [3.05, 3.63) is 66.1 Å². The van der Waals surface area contributed by atoms with Gasteiger partial charge in [-0.3, -0.25) is 9.89 Å². The largest absolute Gasteiger partial charge is 0.463 e. The maximum atomic E-state index is 12.3. The molecule has 3 N–H and O–H groups in total. The first kappa shape index (κ1) is 16.0. The van der Waals surface area contributed by atoms with E-state index in [9.17, 15) is 9.90 Å². The Bertz CT molecular complexity index is 766. The molecule has 2 aromatic heterocycles. The second-order valence-electron chi connectivity index (χ2n) is 5.47. The van der Waals surface area contributed by atoms with E-state index in [1.807, 2.05) is 30.3 Å². The highest BCUT2D eigenvalue weighted by molar-refractivity contribution is 5.93. The van der Waals surface area contributed by atoms with Gasteiger partial charge in [-0.1, -0.05) is 30.3 Å². The Morgan fingerprint density at radius 2 is 2.08 bits per heavy atom. The molecular formula is C18H19N3O3. The number of carbonyl (C=O) groups is 1. The Balaban J connectivity index is 1.64. The Hall–Kier alpha value is -2.86. The van der Waals surface area contributed by atoms with E-state index in [0.29, 0.717) is 30.1 Å². The number of hydrogen-bond acceptors (Lipinski definition) is 4. The molecule has 0 aliphatic rings. The first-order valence-electron chi connectivity index (χ1n) is 7.81. The van der Waals surface area contributed by atoms with E-state index < -0.39 is 0 Å². The molecule has 3 rings (SSSR count). The summed E-state index contributed by atoms with van der Waals surface area (Å²) in [6, 6.07) is 15.1. The first-order chi connectivity index (χ1) is 11.8. The molecule has 24 heavy (non-hydrogen) atoms. The minimum absolute atomic E-state index is 0.0589. The molecule has 0 aliphatic carbocycles. The van der Waals surface area contributed by atoms with Gasteiger partial charge >= 0.3 is 0 Å². The number of rotatable bonds is 7. The van der Waals surface area contributed by atoms with Gasteiger partial charge in [-0.05, 0) is 24.1 Å². The van der Waals surface area contributed by atoms with Gasteiger partial charge in [0.25, 0.3) is 5.91 Å². The van der Waals surface area contributed by atoms with E-state index >= 15 is 0 Å². The van der Waals surface area contributed by atoms with Crippen molar-refractivity contribution in [2.24, 2.45) is 0 Å². The number of nitrogens with one attached hydrogen (secondary N) is 2. The number of aliphatic hydroxyl groups is 1. The predicted octanol–water partition coefficient (Wildman–Crippen LogP) is 2.57. The van der Waals surface area contributed by atoms with Crippen LogP contribution in [0, 0.1) is 0 Å². The van der Waals surface area contributed by atoms with Crippen molar-refractivity contribution < 1.29 is 14.3 Å². The zero-order chi connectivity index (χ0) is 16.8. The highest BCUT2D eigenvalue weighted by atomic mass is 16.3. The fourth-order valence-electron chi connectivity index (χ4n) is 2.57. The van der Waals surface area contributed by atoms with Gasteiger partial charge in [0.15, 0.2) is 11.5 Å². The molecule has 6 nitrogen and oxygen atoms in total. The van der Waals surface area contributed by atoms with E-state index in [2.05, 4.69) is 15.5 Å². The van der Waals surface area contributed by atoms with Crippen molar-refractivity contribution >= 4 is 5.91 Å². The van der Waals surface area contributed by atoms with Gasteiger partial charge in [0.1, 0.15) is 5.69 Å². The zero-order valence-electron chi connectivity index (χ0n) is 13.1. The number of H-pyrrole nitrogens is 1. The van der Waals surface area contributed by atoms with Crippen molar-refractivity contribution in [1.82, 2.24) is 15.5 Å². The fraction of sp³-hybridized carbons (Fsp3) is 0.222. The van der Waals surface area contributed by atoms with Gasteiger partial charge < -0.3 is 14.8 Å². The second kappa shape index (κ2) is 7.61. The van der Waals surface area contributed by atoms with E-state index in [4.69, 9.17) is 4.42 Å². The number of aromatic amines is 1. The van der Waals surface area contributed by atoms with Crippen molar-refractivity contribution in [2.75, 3.05) is 13.2 Å². The number of aliphatic hydroxyl groups excluding tert-OH is 1. The number of carbonyl (C=O) groups excluding carboxylic acids is 1. The summed E-state index contributed by atoms with van der Waals surface area (Å²) in [6.07, 6.45) is 2.15. The van der Waals surface area contributed by atoms with Gasteiger partial charge in [-0.2, -0.15) is 5.10 Å². The highest BCUT2D eigenvalue weighted by Crippen LogP contribution is 2.19. The third-order valence-electron chi connectivity index (χ3n) is 3.85. The average Bonchev–Trinajstić information content (AvgIpc) is 3.30. The Labute approximate surface area is 139 Å². The summed E-state index contributed by atoms with van der Waals surface area (Å²) in [7, 11) is 0. The monoisotopic (exact) mass is 325 g/mol. The van der Waals surface area contributed by atoms with Crippen molar-refractivity contribution in [3.63, 3.8) is 0 Å². The predicted molar refractivity (Wildman–Crippen MR) is 89.5 cm³/mol. The van der Waals surface area contributed by atoms with Crippen LogP contribution in [0.3, 0.4) is 0 Å². The third kappa shape index (κ3) is 3.72. The molecular weight excluding hydrogens is 306 g/mol. The standard InChI is InChI=1S/C18H19N3O3/c22-9-8-14(13-5-2-1-3-6-13)12-19-18(23)16-11-15(20-21-16)17-7-4-10-24-17/h1-7,10-11,14,22H,8-9,12H2,(H,19,23)(H,20,21). The lowest BCUT2D eigenvalue weighted by Crippen LogP contribution is -2.29. The molecule has 0 radical (unpaired) electrons. The summed E-state index contributed by atoms with van der Waals surface area (Å²) >= 11 is 0. The molecule has 6 heteroatoms. The normalized spacial score (nSPS) is 12.0. The summed E-state index contributed by atoms with van der Waals surface area (Å²) in [5.41, 5.74) is 2.04. The Morgan fingerprint density at radius 3 is 2.79 bits per heavy atom. The van der Waals surface area contributed by atoms with Gasteiger partial charge in [-0.25, -0.2) is 0 Å².